The predicted molar refractivity (Wildman–Crippen MR) is 152 cm³/mol. The molecule has 5 rings (SSSR count). The average molecular weight is 526 g/mol. The third-order valence-corrected chi connectivity index (χ3v) is 7.17. The topological polar surface area (TPSA) is 90.6 Å². The summed E-state index contributed by atoms with van der Waals surface area (Å²) in [5, 5.41) is 18.0. The van der Waals surface area contributed by atoms with Gasteiger partial charge in [-0.05, 0) is 52.7 Å². The van der Waals surface area contributed by atoms with Crippen molar-refractivity contribution in [2.45, 2.75) is 18.6 Å². The smallest absolute Gasteiger partial charge is 0.250 e. The fourth-order valence-corrected chi connectivity index (χ4v) is 5.18. The molecule has 0 fully saturated rings. The molecule has 0 unspecified atom stereocenters. The first-order valence-electron chi connectivity index (χ1n) is 12.1. The van der Waals surface area contributed by atoms with Gasteiger partial charge in [-0.25, -0.2) is 5.43 Å². The van der Waals surface area contributed by atoms with Crippen LogP contribution < -0.4 is 14.9 Å². The molecule has 5 aromatic rings. The number of hydrazone groups is 1. The molecule has 0 atom stereocenters. The molecule has 0 aliphatic rings. The minimum atomic E-state index is -0.228. The Bertz CT molecular complexity index is 1590. The molecule has 1 aromatic heterocycles. The molecule has 0 bridgehead atoms. The van der Waals surface area contributed by atoms with Crippen molar-refractivity contribution in [3.63, 3.8) is 0 Å². The highest BCUT2D eigenvalue weighted by Gasteiger charge is 2.16. The Morgan fingerprint density at radius 2 is 1.63 bits per heavy atom. The average Bonchev–Trinajstić information content (AvgIpc) is 3.38. The number of hydrogen-bond donors (Lipinski definition) is 1. The van der Waals surface area contributed by atoms with Crippen LogP contribution in [0.2, 0.25) is 0 Å². The van der Waals surface area contributed by atoms with Gasteiger partial charge < -0.3 is 14.0 Å². The van der Waals surface area contributed by atoms with Crippen molar-refractivity contribution in [3.05, 3.63) is 78.4 Å². The van der Waals surface area contributed by atoms with E-state index in [9.17, 15) is 4.79 Å². The molecule has 9 heteroatoms. The Balaban J connectivity index is 1.30. The number of rotatable bonds is 9. The van der Waals surface area contributed by atoms with Gasteiger partial charge in [0.05, 0.1) is 26.2 Å². The summed E-state index contributed by atoms with van der Waals surface area (Å²) in [6, 6.07) is 24.1. The molecule has 1 amide bonds. The summed E-state index contributed by atoms with van der Waals surface area (Å²) in [7, 11) is 3.19. The van der Waals surface area contributed by atoms with Crippen LogP contribution in [0.25, 0.3) is 32.9 Å². The molecule has 1 N–H and O–H groups in total. The summed E-state index contributed by atoms with van der Waals surface area (Å²) in [6.45, 7) is 2.66. The third kappa shape index (κ3) is 5.05. The molecule has 192 valence electrons. The van der Waals surface area contributed by atoms with Crippen molar-refractivity contribution in [2.24, 2.45) is 5.10 Å². The Labute approximate surface area is 224 Å². The standard InChI is InChI=1S/C29H27N5O3S/c1-4-34-28(21-13-14-25(36-2)26(16-21)37-3)32-33-29(34)38-18-27(35)31-30-17-24-22-11-7-5-9-19(22)15-20-10-6-8-12-23(20)24/h5-17H,4,18H2,1-3H3,(H,31,35). The maximum Gasteiger partial charge on any atom is 0.250 e. The summed E-state index contributed by atoms with van der Waals surface area (Å²) in [5.74, 6) is 1.87. The number of carbonyl (C=O) groups excluding carboxylic acids is 1. The van der Waals surface area contributed by atoms with Crippen LogP contribution in [0.4, 0.5) is 0 Å². The molecule has 0 radical (unpaired) electrons. The van der Waals surface area contributed by atoms with Crippen LogP contribution in [0.15, 0.2) is 83.1 Å². The third-order valence-electron chi connectivity index (χ3n) is 6.20. The number of fused-ring (bicyclic) bond motifs is 2. The zero-order chi connectivity index (χ0) is 26.5. The Morgan fingerprint density at radius 3 is 2.29 bits per heavy atom. The van der Waals surface area contributed by atoms with Gasteiger partial charge in [0.25, 0.3) is 5.91 Å². The van der Waals surface area contributed by atoms with Gasteiger partial charge in [0, 0.05) is 17.7 Å². The van der Waals surface area contributed by atoms with E-state index < -0.39 is 0 Å². The van der Waals surface area contributed by atoms with E-state index in [0.29, 0.717) is 29.0 Å². The van der Waals surface area contributed by atoms with Crippen molar-refractivity contribution in [1.29, 1.82) is 0 Å². The molecular weight excluding hydrogens is 498 g/mol. The number of nitrogens with one attached hydrogen (secondary N) is 1. The van der Waals surface area contributed by atoms with Crippen LogP contribution in [0.5, 0.6) is 11.5 Å². The van der Waals surface area contributed by atoms with Crippen LogP contribution >= 0.6 is 11.8 Å². The number of amides is 1. The number of aromatic nitrogens is 3. The first kappa shape index (κ1) is 25.3. The van der Waals surface area contributed by atoms with Crippen LogP contribution in [0, 0.1) is 0 Å². The Morgan fingerprint density at radius 1 is 0.947 bits per heavy atom. The van der Waals surface area contributed by atoms with E-state index in [1.165, 1.54) is 11.8 Å². The summed E-state index contributed by atoms with van der Waals surface area (Å²) >= 11 is 1.31. The molecular formula is C29H27N5O3S. The van der Waals surface area contributed by atoms with E-state index in [1.807, 2.05) is 54.0 Å². The van der Waals surface area contributed by atoms with Gasteiger partial charge >= 0.3 is 0 Å². The highest BCUT2D eigenvalue weighted by atomic mass is 32.2. The SMILES string of the molecule is CCn1c(SCC(=O)NN=Cc2c3ccccc3cc3ccccc23)nnc1-c1ccc(OC)c(OC)c1. The lowest BCUT2D eigenvalue weighted by molar-refractivity contribution is -0.118. The number of benzene rings is 4. The lowest BCUT2D eigenvalue weighted by Gasteiger charge is -2.10. The monoisotopic (exact) mass is 525 g/mol. The molecule has 4 aromatic carbocycles. The van der Waals surface area contributed by atoms with Crippen LogP contribution in [-0.2, 0) is 11.3 Å². The summed E-state index contributed by atoms with van der Waals surface area (Å²) in [6.07, 6.45) is 1.72. The van der Waals surface area contributed by atoms with E-state index in [2.05, 4.69) is 51.1 Å². The normalized spacial score (nSPS) is 11.3. The number of methoxy groups -OCH3 is 2. The minimum absolute atomic E-state index is 0.150. The molecule has 0 saturated carbocycles. The summed E-state index contributed by atoms with van der Waals surface area (Å²) < 4.78 is 12.7. The molecule has 0 saturated heterocycles. The molecule has 0 spiro atoms. The minimum Gasteiger partial charge on any atom is -0.493 e. The van der Waals surface area contributed by atoms with Crippen molar-refractivity contribution in [2.75, 3.05) is 20.0 Å². The van der Waals surface area contributed by atoms with Gasteiger partial charge in [-0.2, -0.15) is 5.10 Å². The summed E-state index contributed by atoms with van der Waals surface area (Å²) in [4.78, 5) is 12.6. The van der Waals surface area contributed by atoms with Crippen LogP contribution in [-0.4, -0.2) is 46.9 Å². The quantitative estimate of drug-likeness (QED) is 0.118. The van der Waals surface area contributed by atoms with E-state index in [0.717, 1.165) is 32.7 Å². The van der Waals surface area contributed by atoms with Gasteiger partial charge in [-0.1, -0.05) is 60.3 Å². The molecule has 0 aliphatic heterocycles. The maximum atomic E-state index is 12.6. The van der Waals surface area contributed by atoms with Gasteiger partial charge in [0.2, 0.25) is 0 Å². The molecule has 1 heterocycles. The van der Waals surface area contributed by atoms with E-state index in [-0.39, 0.29) is 11.7 Å². The second-order valence-corrected chi connectivity index (χ2v) is 9.38. The van der Waals surface area contributed by atoms with Gasteiger partial charge in [0.1, 0.15) is 0 Å². The zero-order valence-electron chi connectivity index (χ0n) is 21.3. The molecule has 8 nitrogen and oxygen atoms in total. The van der Waals surface area contributed by atoms with Crippen LogP contribution in [0.3, 0.4) is 0 Å². The first-order valence-corrected chi connectivity index (χ1v) is 13.1. The molecule has 0 aliphatic carbocycles. The van der Waals surface area contributed by atoms with Gasteiger partial charge in [0.15, 0.2) is 22.5 Å². The fraction of sp³-hybridized carbons (Fsp3) is 0.172. The Hall–Kier alpha value is -4.37. The van der Waals surface area contributed by atoms with E-state index in [1.54, 1.807) is 20.4 Å². The van der Waals surface area contributed by atoms with Gasteiger partial charge in [-0.3, -0.25) is 4.79 Å². The van der Waals surface area contributed by atoms with Crippen molar-refractivity contribution < 1.29 is 14.3 Å². The largest absolute Gasteiger partial charge is 0.493 e. The molecule has 38 heavy (non-hydrogen) atoms. The second-order valence-electron chi connectivity index (χ2n) is 8.43. The van der Waals surface area contributed by atoms with Crippen molar-refractivity contribution >= 4 is 45.4 Å². The van der Waals surface area contributed by atoms with E-state index >= 15 is 0 Å². The van der Waals surface area contributed by atoms with Crippen LogP contribution in [0.1, 0.15) is 12.5 Å². The first-order chi connectivity index (χ1) is 18.6. The van der Waals surface area contributed by atoms with Crippen molar-refractivity contribution in [3.8, 4) is 22.9 Å². The highest BCUT2D eigenvalue weighted by molar-refractivity contribution is 7.99. The number of thioether (sulfide) groups is 1. The predicted octanol–water partition coefficient (Wildman–Crippen LogP) is 5.53. The number of carbonyl (C=O) groups is 1. The van der Waals surface area contributed by atoms with E-state index in [4.69, 9.17) is 9.47 Å². The Kier molecular flexibility index (Phi) is 7.55. The fourth-order valence-electron chi connectivity index (χ4n) is 4.39. The summed E-state index contributed by atoms with van der Waals surface area (Å²) in [5.41, 5.74) is 4.47. The van der Waals surface area contributed by atoms with Crippen molar-refractivity contribution in [1.82, 2.24) is 20.2 Å². The van der Waals surface area contributed by atoms with Gasteiger partial charge in [-0.15, -0.1) is 10.2 Å². The number of nitrogens with zero attached hydrogens (tertiary/aromatic N) is 4. The number of ether oxygens (including phenoxy) is 2. The zero-order valence-corrected chi connectivity index (χ0v) is 22.2. The lowest BCUT2D eigenvalue weighted by Crippen LogP contribution is -2.20. The number of hydrogen-bond acceptors (Lipinski definition) is 7. The second kappa shape index (κ2) is 11.4. The highest BCUT2D eigenvalue weighted by Crippen LogP contribution is 2.33. The maximum absolute atomic E-state index is 12.6. The lowest BCUT2D eigenvalue weighted by atomic mass is 9.97.